The molecule has 1 amide bonds. The molecule has 2 aromatic carbocycles. The van der Waals surface area contributed by atoms with Gasteiger partial charge in [-0.1, -0.05) is 61.5 Å². The number of carboxylic acid groups (broad SMARTS) is 1. The largest absolute Gasteiger partial charge is 0.480 e. The van der Waals surface area contributed by atoms with Crippen LogP contribution in [0.5, 0.6) is 0 Å². The highest BCUT2D eigenvalue weighted by Crippen LogP contribution is 2.29. The van der Waals surface area contributed by atoms with Crippen LogP contribution in [-0.4, -0.2) is 27.9 Å². The van der Waals surface area contributed by atoms with E-state index in [4.69, 9.17) is 0 Å². The summed E-state index contributed by atoms with van der Waals surface area (Å²) >= 11 is 0. The van der Waals surface area contributed by atoms with Gasteiger partial charge in [0.25, 0.3) is 0 Å². The Labute approximate surface area is 141 Å². The summed E-state index contributed by atoms with van der Waals surface area (Å²) < 4.78 is 0. The lowest BCUT2D eigenvalue weighted by molar-refractivity contribution is -0.152. The van der Waals surface area contributed by atoms with Crippen LogP contribution in [0.2, 0.25) is 0 Å². The van der Waals surface area contributed by atoms with E-state index in [0.717, 1.165) is 16.7 Å². The number of fused-ring (bicyclic) bond motifs is 1. The summed E-state index contributed by atoms with van der Waals surface area (Å²) in [5.74, 6) is -1.36. The Bertz CT molecular complexity index is 742. The lowest BCUT2D eigenvalue weighted by Gasteiger charge is -2.36. The smallest absolute Gasteiger partial charge is 0.326 e. The normalized spacial score (nSPS) is 17.9. The summed E-state index contributed by atoms with van der Waals surface area (Å²) in [6, 6.07) is 16.5. The van der Waals surface area contributed by atoms with Gasteiger partial charge in [-0.3, -0.25) is 4.79 Å². The molecule has 0 bridgehead atoms. The number of hydrogen-bond donors (Lipinski definition) is 1. The van der Waals surface area contributed by atoms with Gasteiger partial charge in [-0.2, -0.15) is 0 Å². The number of carboxylic acids is 1. The molecular weight excluding hydrogens is 302 g/mol. The van der Waals surface area contributed by atoms with E-state index < -0.39 is 12.0 Å². The minimum absolute atomic E-state index is 0.106. The highest BCUT2D eigenvalue weighted by molar-refractivity contribution is 5.88. The third-order valence-corrected chi connectivity index (χ3v) is 4.72. The second kappa shape index (κ2) is 6.87. The number of benzene rings is 2. The molecule has 24 heavy (non-hydrogen) atoms. The zero-order valence-electron chi connectivity index (χ0n) is 13.7. The number of hydrogen-bond acceptors (Lipinski definition) is 2. The van der Waals surface area contributed by atoms with Gasteiger partial charge in [0.05, 0.1) is 5.92 Å². The average Bonchev–Trinajstić information content (AvgIpc) is 2.62. The van der Waals surface area contributed by atoms with Gasteiger partial charge in [0.15, 0.2) is 0 Å². The van der Waals surface area contributed by atoms with Crippen molar-refractivity contribution in [3.8, 4) is 0 Å². The van der Waals surface area contributed by atoms with Crippen LogP contribution >= 0.6 is 0 Å². The third kappa shape index (κ3) is 3.04. The molecule has 0 saturated carbocycles. The van der Waals surface area contributed by atoms with Crippen LogP contribution < -0.4 is 0 Å². The van der Waals surface area contributed by atoms with Crippen molar-refractivity contribution in [2.75, 3.05) is 0 Å². The van der Waals surface area contributed by atoms with E-state index in [1.807, 2.05) is 61.5 Å². The molecule has 4 heteroatoms. The van der Waals surface area contributed by atoms with E-state index in [1.165, 1.54) is 4.90 Å². The molecule has 1 aliphatic heterocycles. The fraction of sp³-hybridized carbons (Fsp3) is 0.300. The van der Waals surface area contributed by atoms with Gasteiger partial charge in [0, 0.05) is 13.0 Å². The first-order chi connectivity index (χ1) is 11.6. The van der Waals surface area contributed by atoms with Crippen molar-refractivity contribution in [1.29, 1.82) is 0 Å². The first-order valence-corrected chi connectivity index (χ1v) is 8.26. The van der Waals surface area contributed by atoms with Gasteiger partial charge < -0.3 is 10.0 Å². The Morgan fingerprint density at radius 2 is 1.71 bits per heavy atom. The molecule has 2 unspecified atom stereocenters. The molecule has 1 N–H and O–H groups in total. The van der Waals surface area contributed by atoms with E-state index in [1.54, 1.807) is 0 Å². The maximum Gasteiger partial charge on any atom is 0.326 e. The molecular formula is C20H21NO3. The molecule has 0 aliphatic carbocycles. The molecule has 124 valence electrons. The van der Waals surface area contributed by atoms with E-state index in [-0.39, 0.29) is 11.8 Å². The number of carbonyl (C=O) groups is 2. The van der Waals surface area contributed by atoms with Crippen LogP contribution in [0.1, 0.15) is 36.0 Å². The summed E-state index contributed by atoms with van der Waals surface area (Å²) in [5, 5.41) is 9.61. The highest BCUT2D eigenvalue weighted by atomic mass is 16.4. The van der Waals surface area contributed by atoms with Crippen LogP contribution in [0.15, 0.2) is 54.6 Å². The number of amides is 1. The van der Waals surface area contributed by atoms with Crippen molar-refractivity contribution >= 4 is 11.9 Å². The van der Waals surface area contributed by atoms with Crippen molar-refractivity contribution < 1.29 is 14.7 Å². The second-order valence-electron chi connectivity index (χ2n) is 6.16. The summed E-state index contributed by atoms with van der Waals surface area (Å²) in [5.41, 5.74) is 2.99. The maximum atomic E-state index is 13.1. The van der Waals surface area contributed by atoms with Gasteiger partial charge in [-0.25, -0.2) is 4.79 Å². The summed E-state index contributed by atoms with van der Waals surface area (Å²) in [6.45, 7) is 2.32. The number of nitrogens with zero attached hydrogens (tertiary/aromatic N) is 1. The lowest BCUT2D eigenvalue weighted by atomic mass is 9.90. The number of aliphatic carboxylic acids is 1. The molecule has 0 radical (unpaired) electrons. The third-order valence-electron chi connectivity index (χ3n) is 4.72. The van der Waals surface area contributed by atoms with E-state index in [9.17, 15) is 14.7 Å². The van der Waals surface area contributed by atoms with Crippen LogP contribution in [0.3, 0.4) is 0 Å². The highest BCUT2D eigenvalue weighted by Gasteiger charge is 2.37. The molecule has 2 aromatic rings. The van der Waals surface area contributed by atoms with Crippen molar-refractivity contribution in [2.24, 2.45) is 0 Å². The predicted octanol–water partition coefficient (Wildman–Crippen LogP) is 3.22. The van der Waals surface area contributed by atoms with Crippen LogP contribution in [-0.2, 0) is 22.6 Å². The van der Waals surface area contributed by atoms with Crippen molar-refractivity contribution in [3.63, 3.8) is 0 Å². The first kappa shape index (κ1) is 16.2. The SMILES string of the molecule is CCC(C(=O)N1Cc2ccccc2CC1C(=O)O)c1ccccc1. The van der Waals surface area contributed by atoms with Crippen LogP contribution in [0, 0.1) is 0 Å². The summed E-state index contributed by atoms with van der Waals surface area (Å²) in [7, 11) is 0. The number of carbonyl (C=O) groups excluding carboxylic acids is 1. The Morgan fingerprint density at radius 3 is 2.33 bits per heavy atom. The summed E-state index contributed by atoms with van der Waals surface area (Å²) in [4.78, 5) is 26.4. The standard InChI is InChI=1S/C20H21NO3/c1-2-17(14-8-4-3-5-9-14)19(22)21-13-16-11-7-6-10-15(16)12-18(21)20(23)24/h3-11,17-18H,2,12-13H2,1H3,(H,23,24). The zero-order chi connectivity index (χ0) is 17.1. The number of rotatable bonds is 4. The Morgan fingerprint density at radius 1 is 1.08 bits per heavy atom. The molecule has 4 nitrogen and oxygen atoms in total. The summed E-state index contributed by atoms with van der Waals surface area (Å²) in [6.07, 6.45) is 1.01. The fourth-order valence-corrected chi connectivity index (χ4v) is 3.41. The monoisotopic (exact) mass is 323 g/mol. The van der Waals surface area contributed by atoms with Gasteiger partial charge in [-0.05, 0) is 23.1 Å². The molecule has 2 atom stereocenters. The molecule has 0 aromatic heterocycles. The molecule has 0 saturated heterocycles. The Kier molecular flexibility index (Phi) is 4.65. The Balaban J connectivity index is 1.93. The minimum Gasteiger partial charge on any atom is -0.480 e. The average molecular weight is 323 g/mol. The van der Waals surface area contributed by atoms with E-state index >= 15 is 0 Å². The van der Waals surface area contributed by atoms with Gasteiger partial charge in [0.1, 0.15) is 6.04 Å². The minimum atomic E-state index is -0.944. The van der Waals surface area contributed by atoms with E-state index in [0.29, 0.717) is 19.4 Å². The second-order valence-corrected chi connectivity index (χ2v) is 6.16. The molecule has 3 rings (SSSR count). The van der Waals surface area contributed by atoms with Crippen molar-refractivity contribution in [3.05, 3.63) is 71.3 Å². The fourth-order valence-electron chi connectivity index (χ4n) is 3.41. The molecule has 0 fully saturated rings. The lowest BCUT2D eigenvalue weighted by Crippen LogP contribution is -2.50. The zero-order valence-corrected chi connectivity index (χ0v) is 13.7. The quantitative estimate of drug-likeness (QED) is 0.940. The maximum absolute atomic E-state index is 13.1. The van der Waals surface area contributed by atoms with Gasteiger partial charge in [0.2, 0.25) is 5.91 Å². The van der Waals surface area contributed by atoms with Crippen LogP contribution in [0.4, 0.5) is 0 Å². The predicted molar refractivity (Wildman–Crippen MR) is 91.6 cm³/mol. The van der Waals surface area contributed by atoms with Crippen LogP contribution in [0.25, 0.3) is 0 Å². The molecule has 0 spiro atoms. The van der Waals surface area contributed by atoms with E-state index in [2.05, 4.69) is 0 Å². The van der Waals surface area contributed by atoms with Gasteiger partial charge in [-0.15, -0.1) is 0 Å². The first-order valence-electron chi connectivity index (χ1n) is 8.26. The topological polar surface area (TPSA) is 57.6 Å². The Hall–Kier alpha value is -2.62. The molecule has 1 aliphatic rings. The molecule has 1 heterocycles. The van der Waals surface area contributed by atoms with Gasteiger partial charge >= 0.3 is 5.97 Å². The van der Waals surface area contributed by atoms with Crippen molar-refractivity contribution in [2.45, 2.75) is 38.3 Å². The van der Waals surface area contributed by atoms with Crippen molar-refractivity contribution in [1.82, 2.24) is 4.90 Å².